The Morgan fingerprint density at radius 3 is 2.07 bits per heavy atom. The number of azo groups is 2. The summed E-state index contributed by atoms with van der Waals surface area (Å²) >= 11 is 3.00. The second kappa shape index (κ2) is 7.95. The van der Waals surface area contributed by atoms with Crippen LogP contribution < -0.4 is 4.90 Å². The summed E-state index contributed by atoms with van der Waals surface area (Å²) in [6, 6.07) is 17.9. The van der Waals surface area contributed by atoms with Crippen LogP contribution in [0.2, 0.25) is 0 Å². The highest BCUT2D eigenvalue weighted by Crippen LogP contribution is 2.39. The lowest BCUT2D eigenvalue weighted by Gasteiger charge is -2.11. The Bertz CT molecular complexity index is 1110. The topological polar surface area (TPSA) is 65.6 Å². The first-order valence-electron chi connectivity index (χ1n) is 8.65. The quantitative estimate of drug-likeness (QED) is 0.321. The second-order valence-electron chi connectivity index (χ2n) is 6.40. The van der Waals surface area contributed by atoms with Crippen LogP contribution in [0, 0.1) is 6.92 Å². The van der Waals surface area contributed by atoms with E-state index in [0.29, 0.717) is 5.13 Å². The van der Waals surface area contributed by atoms with Gasteiger partial charge in [-0.15, -0.1) is 20.5 Å². The third-order valence-corrected chi connectivity index (χ3v) is 5.91. The molecular weight excluding hydrogens is 388 g/mol. The number of aromatic nitrogens is 1. The largest absolute Gasteiger partial charge is 0.378 e. The molecule has 28 heavy (non-hydrogen) atoms. The Hall–Kier alpha value is -2.97. The van der Waals surface area contributed by atoms with Crippen LogP contribution in [0.25, 0.3) is 9.53 Å². The molecule has 0 unspecified atom stereocenters. The third kappa shape index (κ3) is 4.29. The van der Waals surface area contributed by atoms with Crippen molar-refractivity contribution in [2.45, 2.75) is 6.92 Å². The molecule has 140 valence electrons. The lowest BCUT2D eigenvalue weighted by Crippen LogP contribution is -2.07. The van der Waals surface area contributed by atoms with E-state index in [1.165, 1.54) is 28.2 Å². The molecule has 6 nitrogen and oxygen atoms in total. The van der Waals surface area contributed by atoms with Crippen LogP contribution in [0.1, 0.15) is 5.56 Å². The number of benzene rings is 2. The molecule has 0 fully saturated rings. The number of hydrogen-bond acceptors (Lipinski definition) is 8. The van der Waals surface area contributed by atoms with Crippen LogP contribution in [-0.2, 0) is 0 Å². The fraction of sp³-hybridized carbons (Fsp3) is 0.150. The van der Waals surface area contributed by atoms with E-state index in [1.54, 1.807) is 0 Å². The van der Waals surface area contributed by atoms with E-state index in [1.807, 2.05) is 80.5 Å². The predicted octanol–water partition coefficient (Wildman–Crippen LogP) is 7.56. The van der Waals surface area contributed by atoms with E-state index >= 15 is 0 Å². The molecule has 4 rings (SSSR count). The molecule has 2 aromatic carbocycles. The van der Waals surface area contributed by atoms with Gasteiger partial charge in [-0.05, 0) is 49.4 Å². The van der Waals surface area contributed by atoms with Gasteiger partial charge in [0.2, 0.25) is 5.13 Å². The molecule has 0 atom stereocenters. The Balaban J connectivity index is 1.47. The maximum absolute atomic E-state index is 4.53. The van der Waals surface area contributed by atoms with Gasteiger partial charge >= 0.3 is 0 Å². The molecule has 0 spiro atoms. The van der Waals surface area contributed by atoms with Crippen molar-refractivity contribution in [1.82, 2.24) is 4.98 Å². The summed E-state index contributed by atoms with van der Waals surface area (Å²) in [5.41, 5.74) is 3.97. The molecular formula is C20H18N6S2. The smallest absolute Gasteiger partial charge is 0.231 e. The van der Waals surface area contributed by atoms with Crippen molar-refractivity contribution in [1.29, 1.82) is 0 Å². The van der Waals surface area contributed by atoms with E-state index in [0.717, 1.165) is 31.6 Å². The third-order valence-electron chi connectivity index (χ3n) is 3.98. The second-order valence-corrected chi connectivity index (χ2v) is 8.42. The van der Waals surface area contributed by atoms with Crippen molar-refractivity contribution in [2.24, 2.45) is 20.5 Å². The predicted molar refractivity (Wildman–Crippen MR) is 118 cm³/mol. The first-order valence-corrected chi connectivity index (χ1v) is 10.3. The van der Waals surface area contributed by atoms with E-state index < -0.39 is 0 Å². The van der Waals surface area contributed by atoms with Gasteiger partial charge in [0.05, 0.1) is 16.1 Å². The number of hydrogen-bond donors (Lipinski definition) is 0. The Morgan fingerprint density at radius 1 is 0.786 bits per heavy atom. The first-order chi connectivity index (χ1) is 13.6. The summed E-state index contributed by atoms with van der Waals surface area (Å²) in [4.78, 5) is 7.48. The average molecular weight is 407 g/mol. The van der Waals surface area contributed by atoms with Gasteiger partial charge < -0.3 is 4.90 Å². The van der Waals surface area contributed by atoms with Gasteiger partial charge in [0.15, 0.2) is 0 Å². The number of thiophene rings is 1. The average Bonchev–Trinajstić information content (AvgIpc) is 3.24. The van der Waals surface area contributed by atoms with Gasteiger partial charge in [0.1, 0.15) is 9.83 Å². The molecule has 0 amide bonds. The van der Waals surface area contributed by atoms with Gasteiger partial charge in [-0.1, -0.05) is 40.4 Å². The van der Waals surface area contributed by atoms with Gasteiger partial charge in [0.25, 0.3) is 0 Å². The van der Waals surface area contributed by atoms with E-state index in [9.17, 15) is 0 Å². The van der Waals surface area contributed by atoms with Gasteiger partial charge in [-0.3, -0.25) is 0 Å². The number of thiazole rings is 1. The van der Waals surface area contributed by atoms with E-state index in [2.05, 4.69) is 25.4 Å². The monoisotopic (exact) mass is 406 g/mol. The molecule has 2 heterocycles. The molecule has 0 aliphatic rings. The highest BCUT2D eigenvalue weighted by Gasteiger charge is 2.08. The zero-order valence-corrected chi connectivity index (χ0v) is 17.3. The molecule has 0 saturated heterocycles. The van der Waals surface area contributed by atoms with Crippen molar-refractivity contribution in [2.75, 3.05) is 19.0 Å². The molecule has 2 aromatic heterocycles. The maximum Gasteiger partial charge on any atom is 0.231 e. The van der Waals surface area contributed by atoms with Crippen LogP contribution >= 0.6 is 22.7 Å². The maximum atomic E-state index is 4.53. The molecule has 0 aliphatic heterocycles. The van der Waals surface area contributed by atoms with Crippen LogP contribution in [-0.4, -0.2) is 19.1 Å². The SMILES string of the molecule is Cc1ccc(N=Nc2cc3sc(N=Nc4ccc(N(C)C)cc4)nc3s2)cc1. The van der Waals surface area contributed by atoms with Crippen molar-refractivity contribution in [3.8, 4) is 0 Å². The number of fused-ring (bicyclic) bond motifs is 1. The molecule has 4 aromatic rings. The zero-order chi connectivity index (χ0) is 19.5. The van der Waals surface area contributed by atoms with Gasteiger partial charge in [0, 0.05) is 19.8 Å². The molecule has 0 bridgehead atoms. The van der Waals surface area contributed by atoms with Gasteiger partial charge in [-0.25, -0.2) is 4.98 Å². The highest BCUT2D eigenvalue weighted by atomic mass is 32.1. The Kier molecular flexibility index (Phi) is 5.23. The number of rotatable bonds is 5. The molecule has 8 heteroatoms. The van der Waals surface area contributed by atoms with E-state index in [4.69, 9.17) is 0 Å². The van der Waals surface area contributed by atoms with E-state index in [-0.39, 0.29) is 0 Å². The number of nitrogens with zero attached hydrogens (tertiary/aromatic N) is 6. The summed E-state index contributed by atoms with van der Waals surface area (Å²) < 4.78 is 1.04. The molecule has 0 saturated carbocycles. The van der Waals surface area contributed by atoms with Crippen LogP contribution in [0.4, 0.5) is 27.2 Å². The van der Waals surface area contributed by atoms with Crippen molar-refractivity contribution >= 4 is 59.4 Å². The van der Waals surface area contributed by atoms with Crippen LogP contribution in [0.3, 0.4) is 0 Å². The fourth-order valence-corrected chi connectivity index (χ4v) is 4.29. The number of anilines is 1. The lowest BCUT2D eigenvalue weighted by atomic mass is 10.2. The first kappa shape index (κ1) is 18.4. The number of aryl methyl sites for hydroxylation is 1. The van der Waals surface area contributed by atoms with Crippen LogP contribution in [0.5, 0.6) is 0 Å². The minimum atomic E-state index is 0.639. The summed E-state index contributed by atoms with van der Waals surface area (Å²) in [6.07, 6.45) is 0. The lowest BCUT2D eigenvalue weighted by molar-refractivity contribution is 1.13. The summed E-state index contributed by atoms with van der Waals surface area (Å²) in [5, 5.41) is 18.6. The molecule has 0 N–H and O–H groups in total. The van der Waals surface area contributed by atoms with Crippen molar-refractivity contribution in [3.63, 3.8) is 0 Å². The Morgan fingerprint density at radius 2 is 1.43 bits per heavy atom. The minimum Gasteiger partial charge on any atom is -0.378 e. The fourth-order valence-electron chi connectivity index (χ4n) is 2.44. The molecule has 0 aliphatic carbocycles. The Labute approximate surface area is 170 Å². The molecule has 0 radical (unpaired) electrons. The van der Waals surface area contributed by atoms with Gasteiger partial charge in [-0.2, -0.15) is 0 Å². The standard InChI is InChI=1S/C20H18N6S2/c1-13-4-6-14(7-5-13)22-24-18-12-17-19(28-18)21-20(27-17)25-23-15-8-10-16(11-9-15)26(2)3/h4-12H,1-3H3. The van der Waals surface area contributed by atoms with Crippen molar-refractivity contribution in [3.05, 3.63) is 60.2 Å². The van der Waals surface area contributed by atoms with Crippen molar-refractivity contribution < 1.29 is 0 Å². The minimum absolute atomic E-state index is 0.639. The summed E-state index contributed by atoms with van der Waals surface area (Å²) in [5.74, 6) is 0. The van der Waals surface area contributed by atoms with Crippen LogP contribution in [0.15, 0.2) is 75.1 Å². The summed E-state index contributed by atoms with van der Waals surface area (Å²) in [7, 11) is 4.01. The highest BCUT2D eigenvalue weighted by molar-refractivity contribution is 7.30. The normalized spacial score (nSPS) is 11.8. The summed E-state index contributed by atoms with van der Waals surface area (Å²) in [6.45, 7) is 2.05. The zero-order valence-electron chi connectivity index (χ0n) is 15.7.